The third-order valence-corrected chi connectivity index (χ3v) is 5.02. The topological polar surface area (TPSA) is 83.2 Å². The molecule has 0 aliphatic carbocycles. The van der Waals surface area contributed by atoms with Crippen molar-refractivity contribution in [2.75, 3.05) is 33.8 Å². The van der Waals surface area contributed by atoms with Crippen molar-refractivity contribution in [2.24, 2.45) is 0 Å². The van der Waals surface area contributed by atoms with E-state index in [0.29, 0.717) is 31.1 Å². The fourth-order valence-corrected chi connectivity index (χ4v) is 3.62. The van der Waals surface area contributed by atoms with Crippen molar-refractivity contribution in [1.82, 2.24) is 9.80 Å². The molecule has 1 aliphatic heterocycles. The molecule has 30 heavy (non-hydrogen) atoms. The standard InChI is InChI=1S/C23H28N2O5/c1-5-29-17-10-8-16(9-11-17)20-19(21(26)18-12-7-15(2)30-18)22(27)23(28)25(20)14-6-13-24(3)4/h7-12,20,27H,5-6,13-14H2,1-4H3. The van der Waals surface area contributed by atoms with Crippen LogP contribution in [0, 0.1) is 6.92 Å². The quantitative estimate of drug-likeness (QED) is 0.635. The van der Waals surface area contributed by atoms with E-state index in [1.807, 2.05) is 38.1 Å². The normalized spacial score (nSPS) is 16.6. The molecule has 7 heteroatoms. The lowest BCUT2D eigenvalue weighted by atomic mass is 9.95. The van der Waals surface area contributed by atoms with E-state index in [2.05, 4.69) is 0 Å². The van der Waals surface area contributed by atoms with E-state index in [-0.39, 0.29) is 11.3 Å². The van der Waals surface area contributed by atoms with Crippen LogP contribution in [0.5, 0.6) is 5.75 Å². The first-order valence-corrected chi connectivity index (χ1v) is 10.1. The Balaban J connectivity index is 1.98. The van der Waals surface area contributed by atoms with Crippen LogP contribution in [0.2, 0.25) is 0 Å². The van der Waals surface area contributed by atoms with Crippen LogP contribution in [0.4, 0.5) is 0 Å². The highest BCUT2D eigenvalue weighted by Crippen LogP contribution is 2.39. The molecule has 2 aromatic rings. The summed E-state index contributed by atoms with van der Waals surface area (Å²) >= 11 is 0. The molecule has 0 saturated heterocycles. The number of aliphatic hydroxyl groups is 1. The van der Waals surface area contributed by atoms with Gasteiger partial charge in [0.1, 0.15) is 11.5 Å². The molecule has 1 atom stereocenters. The summed E-state index contributed by atoms with van der Waals surface area (Å²) in [6.07, 6.45) is 0.709. The average Bonchev–Trinajstić information content (AvgIpc) is 3.25. The van der Waals surface area contributed by atoms with Gasteiger partial charge in [0, 0.05) is 6.54 Å². The van der Waals surface area contributed by atoms with Gasteiger partial charge in [0.15, 0.2) is 11.5 Å². The minimum Gasteiger partial charge on any atom is -0.503 e. The highest BCUT2D eigenvalue weighted by atomic mass is 16.5. The first-order chi connectivity index (χ1) is 14.3. The monoisotopic (exact) mass is 412 g/mol. The van der Waals surface area contributed by atoms with E-state index in [4.69, 9.17) is 9.15 Å². The number of hydrogen-bond donors (Lipinski definition) is 1. The number of Topliss-reactive ketones (excluding diaryl/α,β-unsaturated/α-hetero) is 1. The summed E-state index contributed by atoms with van der Waals surface area (Å²) in [5.74, 6) is -0.149. The van der Waals surface area contributed by atoms with Crippen LogP contribution >= 0.6 is 0 Å². The van der Waals surface area contributed by atoms with Gasteiger partial charge in [0.05, 0.1) is 18.2 Å². The molecule has 0 fully saturated rings. The molecule has 2 heterocycles. The minimum atomic E-state index is -0.687. The Morgan fingerprint density at radius 2 is 1.90 bits per heavy atom. The Hall–Kier alpha value is -3.06. The Kier molecular flexibility index (Phi) is 6.62. The summed E-state index contributed by atoms with van der Waals surface area (Å²) in [6, 6.07) is 9.80. The molecule has 160 valence electrons. The molecular formula is C23H28N2O5. The lowest BCUT2D eigenvalue weighted by Crippen LogP contribution is -2.33. The number of nitrogens with zero attached hydrogens (tertiary/aromatic N) is 2. The van der Waals surface area contributed by atoms with Gasteiger partial charge in [-0.2, -0.15) is 0 Å². The zero-order valence-corrected chi connectivity index (χ0v) is 17.8. The zero-order valence-electron chi connectivity index (χ0n) is 17.8. The van der Waals surface area contributed by atoms with E-state index in [1.54, 1.807) is 36.1 Å². The Bertz CT molecular complexity index is 943. The van der Waals surface area contributed by atoms with Crippen LogP contribution in [0.15, 0.2) is 52.1 Å². The third-order valence-electron chi connectivity index (χ3n) is 5.02. The van der Waals surface area contributed by atoms with Crippen LogP contribution < -0.4 is 4.74 Å². The number of aliphatic hydroxyl groups excluding tert-OH is 1. The van der Waals surface area contributed by atoms with Crippen LogP contribution in [-0.4, -0.2) is 60.4 Å². The zero-order chi connectivity index (χ0) is 21.8. The predicted octanol–water partition coefficient (Wildman–Crippen LogP) is 3.52. The first-order valence-electron chi connectivity index (χ1n) is 10.1. The van der Waals surface area contributed by atoms with Crippen molar-refractivity contribution < 1.29 is 23.8 Å². The van der Waals surface area contributed by atoms with Crippen LogP contribution in [0.25, 0.3) is 0 Å². The summed E-state index contributed by atoms with van der Waals surface area (Å²) in [5.41, 5.74) is 0.774. The summed E-state index contributed by atoms with van der Waals surface area (Å²) < 4.78 is 11.0. The second-order valence-electron chi connectivity index (χ2n) is 7.56. The molecular weight excluding hydrogens is 384 g/mol. The summed E-state index contributed by atoms with van der Waals surface area (Å²) in [7, 11) is 3.92. The minimum absolute atomic E-state index is 0.0448. The van der Waals surface area contributed by atoms with E-state index < -0.39 is 23.5 Å². The van der Waals surface area contributed by atoms with Gasteiger partial charge in [-0.3, -0.25) is 9.59 Å². The van der Waals surface area contributed by atoms with Gasteiger partial charge in [0.25, 0.3) is 5.91 Å². The SMILES string of the molecule is CCOc1ccc(C2C(C(=O)c3ccc(C)o3)=C(O)C(=O)N2CCCN(C)C)cc1. The molecule has 1 unspecified atom stereocenters. The fourth-order valence-electron chi connectivity index (χ4n) is 3.62. The molecule has 1 aliphatic rings. The van der Waals surface area contributed by atoms with Gasteiger partial charge in [-0.15, -0.1) is 0 Å². The fraction of sp³-hybridized carbons (Fsp3) is 0.391. The number of rotatable bonds is 9. The first kappa shape index (κ1) is 21.6. The predicted molar refractivity (Wildman–Crippen MR) is 113 cm³/mol. The van der Waals surface area contributed by atoms with Crippen molar-refractivity contribution >= 4 is 11.7 Å². The molecule has 0 radical (unpaired) electrons. The van der Waals surface area contributed by atoms with Crippen molar-refractivity contribution in [3.8, 4) is 5.75 Å². The van der Waals surface area contributed by atoms with Crippen LogP contribution in [0.3, 0.4) is 0 Å². The molecule has 1 amide bonds. The molecule has 3 rings (SSSR count). The summed E-state index contributed by atoms with van der Waals surface area (Å²) in [6.45, 7) is 5.37. The van der Waals surface area contributed by atoms with E-state index >= 15 is 0 Å². The van der Waals surface area contributed by atoms with Crippen molar-refractivity contribution in [2.45, 2.75) is 26.3 Å². The lowest BCUT2D eigenvalue weighted by Gasteiger charge is -2.27. The third kappa shape index (κ3) is 4.41. The maximum absolute atomic E-state index is 13.2. The van der Waals surface area contributed by atoms with Crippen molar-refractivity contribution in [3.05, 3.63) is 64.8 Å². The number of ketones is 1. The molecule has 1 aromatic heterocycles. The molecule has 0 spiro atoms. The van der Waals surface area contributed by atoms with E-state index in [9.17, 15) is 14.7 Å². The summed E-state index contributed by atoms with van der Waals surface area (Å²) in [4.78, 5) is 29.6. The van der Waals surface area contributed by atoms with E-state index in [1.165, 1.54) is 0 Å². The molecule has 1 N–H and O–H groups in total. The van der Waals surface area contributed by atoms with Gasteiger partial charge in [-0.25, -0.2) is 0 Å². The number of hydrogen-bond acceptors (Lipinski definition) is 6. The maximum Gasteiger partial charge on any atom is 0.290 e. The highest BCUT2D eigenvalue weighted by Gasteiger charge is 2.44. The maximum atomic E-state index is 13.2. The van der Waals surface area contributed by atoms with Crippen LogP contribution in [0.1, 0.15) is 41.3 Å². The lowest BCUT2D eigenvalue weighted by molar-refractivity contribution is -0.129. The smallest absolute Gasteiger partial charge is 0.290 e. The Morgan fingerprint density at radius 3 is 2.47 bits per heavy atom. The van der Waals surface area contributed by atoms with Gasteiger partial charge in [0.2, 0.25) is 5.78 Å². The van der Waals surface area contributed by atoms with Gasteiger partial charge in [-0.1, -0.05) is 12.1 Å². The summed E-state index contributed by atoms with van der Waals surface area (Å²) in [5, 5.41) is 10.6. The largest absolute Gasteiger partial charge is 0.503 e. The molecule has 1 aromatic carbocycles. The second-order valence-corrected chi connectivity index (χ2v) is 7.56. The number of ether oxygens (including phenoxy) is 1. The van der Waals surface area contributed by atoms with Crippen LogP contribution in [-0.2, 0) is 4.79 Å². The van der Waals surface area contributed by atoms with E-state index in [0.717, 1.165) is 12.1 Å². The number of carbonyl (C=O) groups is 2. The van der Waals surface area contributed by atoms with Gasteiger partial charge < -0.3 is 24.1 Å². The second kappa shape index (κ2) is 9.17. The molecule has 0 bridgehead atoms. The number of benzene rings is 1. The number of amides is 1. The average molecular weight is 412 g/mol. The number of furan rings is 1. The number of carbonyl (C=O) groups excluding carboxylic acids is 2. The van der Waals surface area contributed by atoms with Gasteiger partial charge >= 0.3 is 0 Å². The van der Waals surface area contributed by atoms with Crippen molar-refractivity contribution in [3.63, 3.8) is 0 Å². The highest BCUT2D eigenvalue weighted by molar-refractivity contribution is 6.15. The Morgan fingerprint density at radius 1 is 1.20 bits per heavy atom. The Labute approximate surface area is 176 Å². The van der Waals surface area contributed by atoms with Gasteiger partial charge in [-0.05, 0) is 70.7 Å². The van der Waals surface area contributed by atoms with Crippen molar-refractivity contribution in [1.29, 1.82) is 0 Å². The molecule has 0 saturated carbocycles. The number of aryl methyl sites for hydroxylation is 1. The molecule has 7 nitrogen and oxygen atoms in total.